The second kappa shape index (κ2) is 6.73. The Morgan fingerprint density at radius 1 is 1.29 bits per heavy atom. The van der Waals surface area contributed by atoms with Gasteiger partial charge in [-0.05, 0) is 30.8 Å². The summed E-state index contributed by atoms with van der Waals surface area (Å²) in [6.07, 6.45) is 1.01. The van der Waals surface area contributed by atoms with Crippen LogP contribution in [0.25, 0.3) is 0 Å². The lowest BCUT2D eigenvalue weighted by molar-refractivity contribution is 0.350. The SMILES string of the molecule is CNC(CSc1cccc(Cl)c1)c1cccc2c1OCC2. The zero-order valence-corrected chi connectivity index (χ0v) is 13.5. The van der Waals surface area contributed by atoms with E-state index in [9.17, 15) is 0 Å². The van der Waals surface area contributed by atoms with Gasteiger partial charge in [0.1, 0.15) is 5.75 Å². The molecule has 0 fully saturated rings. The molecule has 0 aliphatic carbocycles. The molecule has 0 amide bonds. The van der Waals surface area contributed by atoms with Crippen LogP contribution in [-0.4, -0.2) is 19.4 Å². The minimum absolute atomic E-state index is 0.266. The van der Waals surface area contributed by atoms with E-state index >= 15 is 0 Å². The number of fused-ring (bicyclic) bond motifs is 1. The third-order valence-corrected chi connectivity index (χ3v) is 5.00. The van der Waals surface area contributed by atoms with Crippen LogP contribution < -0.4 is 10.1 Å². The Labute approximate surface area is 134 Å². The van der Waals surface area contributed by atoms with Crippen LogP contribution >= 0.6 is 23.4 Å². The van der Waals surface area contributed by atoms with Gasteiger partial charge in [0.05, 0.1) is 6.61 Å². The second-order valence-electron chi connectivity index (χ2n) is 5.04. The molecular weight excluding hydrogens is 302 g/mol. The minimum Gasteiger partial charge on any atom is -0.493 e. The van der Waals surface area contributed by atoms with Crippen LogP contribution in [0.4, 0.5) is 0 Å². The molecule has 0 spiro atoms. The molecule has 1 heterocycles. The highest BCUT2D eigenvalue weighted by atomic mass is 35.5. The van der Waals surface area contributed by atoms with Crippen molar-refractivity contribution in [2.24, 2.45) is 0 Å². The molecule has 0 aromatic heterocycles. The second-order valence-corrected chi connectivity index (χ2v) is 6.57. The number of nitrogens with one attached hydrogen (secondary N) is 1. The lowest BCUT2D eigenvalue weighted by Crippen LogP contribution is -2.19. The van der Waals surface area contributed by atoms with Crippen molar-refractivity contribution < 1.29 is 4.74 Å². The maximum Gasteiger partial charge on any atom is 0.127 e. The predicted octanol–water partition coefficient (Wildman–Crippen LogP) is 4.33. The molecule has 1 unspecified atom stereocenters. The van der Waals surface area contributed by atoms with Crippen LogP contribution in [0.2, 0.25) is 5.02 Å². The van der Waals surface area contributed by atoms with Gasteiger partial charge in [-0.1, -0.05) is 35.9 Å². The lowest BCUT2D eigenvalue weighted by atomic mass is 10.0. The molecule has 2 aromatic carbocycles. The number of hydrogen-bond donors (Lipinski definition) is 1. The summed E-state index contributed by atoms with van der Waals surface area (Å²) >= 11 is 7.84. The zero-order chi connectivity index (χ0) is 14.7. The van der Waals surface area contributed by atoms with Gasteiger partial charge in [-0.15, -0.1) is 11.8 Å². The van der Waals surface area contributed by atoms with E-state index in [0.717, 1.165) is 29.6 Å². The van der Waals surface area contributed by atoms with E-state index in [0.29, 0.717) is 0 Å². The van der Waals surface area contributed by atoms with E-state index in [-0.39, 0.29) is 6.04 Å². The molecule has 0 saturated heterocycles. The Bertz CT molecular complexity index is 632. The van der Waals surface area contributed by atoms with Gasteiger partial charge in [0.25, 0.3) is 0 Å². The van der Waals surface area contributed by atoms with E-state index in [1.807, 2.05) is 25.2 Å². The van der Waals surface area contributed by atoms with Crippen molar-refractivity contribution in [3.63, 3.8) is 0 Å². The van der Waals surface area contributed by atoms with Crippen molar-refractivity contribution in [2.75, 3.05) is 19.4 Å². The number of halogens is 1. The third kappa shape index (κ3) is 3.37. The molecule has 110 valence electrons. The van der Waals surface area contributed by atoms with Crippen molar-refractivity contribution in [1.82, 2.24) is 5.32 Å². The molecular formula is C17H18ClNOS. The van der Waals surface area contributed by atoms with Gasteiger partial charge < -0.3 is 10.1 Å². The van der Waals surface area contributed by atoms with E-state index in [1.54, 1.807) is 11.8 Å². The molecule has 2 nitrogen and oxygen atoms in total. The number of benzene rings is 2. The average Bonchev–Trinajstić information content (AvgIpc) is 2.97. The highest BCUT2D eigenvalue weighted by Gasteiger charge is 2.21. The van der Waals surface area contributed by atoms with Gasteiger partial charge in [-0.3, -0.25) is 0 Å². The van der Waals surface area contributed by atoms with Crippen LogP contribution in [0.3, 0.4) is 0 Å². The topological polar surface area (TPSA) is 21.3 Å². The van der Waals surface area contributed by atoms with Crippen LogP contribution in [0, 0.1) is 0 Å². The van der Waals surface area contributed by atoms with Crippen molar-refractivity contribution in [3.8, 4) is 5.75 Å². The quantitative estimate of drug-likeness (QED) is 0.829. The van der Waals surface area contributed by atoms with Gasteiger partial charge in [-0.25, -0.2) is 0 Å². The first-order valence-electron chi connectivity index (χ1n) is 7.08. The highest BCUT2D eigenvalue weighted by molar-refractivity contribution is 7.99. The van der Waals surface area contributed by atoms with Crippen molar-refractivity contribution in [2.45, 2.75) is 17.4 Å². The van der Waals surface area contributed by atoms with E-state index in [4.69, 9.17) is 16.3 Å². The summed E-state index contributed by atoms with van der Waals surface area (Å²) in [4.78, 5) is 1.19. The van der Waals surface area contributed by atoms with Crippen LogP contribution in [0.15, 0.2) is 47.4 Å². The Kier molecular flexibility index (Phi) is 4.73. The fourth-order valence-corrected chi connectivity index (χ4v) is 3.93. The van der Waals surface area contributed by atoms with Crippen molar-refractivity contribution >= 4 is 23.4 Å². The Hall–Kier alpha value is -1.16. The maximum atomic E-state index is 6.04. The maximum absolute atomic E-state index is 6.04. The van der Waals surface area contributed by atoms with Gasteiger partial charge in [-0.2, -0.15) is 0 Å². The van der Waals surface area contributed by atoms with Gasteiger partial charge in [0.15, 0.2) is 0 Å². The number of thioether (sulfide) groups is 1. The summed E-state index contributed by atoms with van der Waals surface area (Å²) in [5.41, 5.74) is 2.57. The summed E-state index contributed by atoms with van der Waals surface area (Å²) in [6.45, 7) is 0.796. The highest BCUT2D eigenvalue weighted by Crippen LogP contribution is 2.35. The summed E-state index contributed by atoms with van der Waals surface area (Å²) < 4.78 is 5.81. The molecule has 3 rings (SSSR count). The first-order valence-corrected chi connectivity index (χ1v) is 8.44. The number of hydrogen-bond acceptors (Lipinski definition) is 3. The summed E-state index contributed by atoms with van der Waals surface area (Å²) in [5.74, 6) is 2.01. The monoisotopic (exact) mass is 319 g/mol. The normalized spacial score (nSPS) is 14.6. The molecule has 1 aliphatic heterocycles. The van der Waals surface area contributed by atoms with E-state index in [1.165, 1.54) is 16.0 Å². The summed E-state index contributed by atoms with van der Waals surface area (Å²) in [7, 11) is 2.00. The lowest BCUT2D eigenvalue weighted by Gasteiger charge is -2.19. The largest absolute Gasteiger partial charge is 0.493 e. The molecule has 1 N–H and O–H groups in total. The molecule has 4 heteroatoms. The molecule has 0 radical (unpaired) electrons. The Morgan fingerprint density at radius 3 is 2.95 bits per heavy atom. The van der Waals surface area contributed by atoms with Crippen molar-refractivity contribution in [3.05, 3.63) is 58.6 Å². The van der Waals surface area contributed by atoms with Gasteiger partial charge in [0.2, 0.25) is 0 Å². The standard InChI is InChI=1S/C17H18ClNOS/c1-19-16(11-21-14-6-3-5-13(18)10-14)15-7-2-4-12-8-9-20-17(12)15/h2-7,10,16,19H,8-9,11H2,1H3. The van der Waals surface area contributed by atoms with Crippen LogP contribution in [-0.2, 0) is 6.42 Å². The minimum atomic E-state index is 0.266. The molecule has 1 atom stereocenters. The van der Waals surface area contributed by atoms with Crippen LogP contribution in [0.5, 0.6) is 5.75 Å². The van der Waals surface area contributed by atoms with E-state index in [2.05, 4.69) is 29.6 Å². The molecule has 1 aliphatic rings. The molecule has 21 heavy (non-hydrogen) atoms. The smallest absolute Gasteiger partial charge is 0.127 e. The molecule has 2 aromatic rings. The number of para-hydroxylation sites is 1. The summed E-state index contributed by atoms with van der Waals surface area (Å²) in [5, 5.41) is 4.18. The first-order chi connectivity index (χ1) is 10.3. The molecule has 0 saturated carbocycles. The number of ether oxygens (including phenoxy) is 1. The fraction of sp³-hybridized carbons (Fsp3) is 0.294. The molecule has 0 bridgehead atoms. The Balaban J connectivity index is 1.75. The van der Waals surface area contributed by atoms with Crippen LogP contribution in [0.1, 0.15) is 17.2 Å². The van der Waals surface area contributed by atoms with Crippen molar-refractivity contribution in [1.29, 1.82) is 0 Å². The van der Waals surface area contributed by atoms with Gasteiger partial charge >= 0.3 is 0 Å². The Morgan fingerprint density at radius 2 is 2.14 bits per heavy atom. The fourth-order valence-electron chi connectivity index (χ4n) is 2.58. The van der Waals surface area contributed by atoms with E-state index < -0.39 is 0 Å². The third-order valence-electron chi connectivity index (χ3n) is 3.68. The average molecular weight is 320 g/mol. The zero-order valence-electron chi connectivity index (χ0n) is 11.9. The van der Waals surface area contributed by atoms with Gasteiger partial charge in [0, 0.05) is 33.7 Å². The predicted molar refractivity (Wildman–Crippen MR) is 89.6 cm³/mol. The number of rotatable bonds is 5. The first kappa shape index (κ1) is 14.8. The summed E-state index contributed by atoms with van der Waals surface area (Å²) in [6, 6.07) is 14.7.